The number of nitrogens with one attached hydrogen (secondary N) is 1. The highest BCUT2D eigenvalue weighted by atomic mass is 35.5. The fourth-order valence-electron chi connectivity index (χ4n) is 6.23. The lowest BCUT2D eigenvalue weighted by Gasteiger charge is -2.30. The second kappa shape index (κ2) is 9.31. The Hall–Kier alpha value is -3.13. The summed E-state index contributed by atoms with van der Waals surface area (Å²) >= 11 is 7.90. The average molecular weight is 532 g/mol. The third-order valence-electron chi connectivity index (χ3n) is 7.75. The Bertz CT molecular complexity index is 1400. The molecule has 3 aliphatic heterocycles. The number of nitrogens with zero attached hydrogens (tertiary/aromatic N) is 2. The van der Waals surface area contributed by atoms with E-state index in [1.165, 1.54) is 4.90 Å². The predicted molar refractivity (Wildman–Crippen MR) is 147 cm³/mol. The van der Waals surface area contributed by atoms with Crippen molar-refractivity contribution in [2.75, 3.05) is 21.8 Å². The number of hydrogen-bond donors (Lipinski definition) is 1. The van der Waals surface area contributed by atoms with Gasteiger partial charge in [-0.1, -0.05) is 66.2 Å². The van der Waals surface area contributed by atoms with Gasteiger partial charge in [0.05, 0.1) is 24.1 Å². The highest BCUT2D eigenvalue weighted by Gasteiger charge is 2.71. The summed E-state index contributed by atoms with van der Waals surface area (Å²) in [7, 11) is 0. The van der Waals surface area contributed by atoms with Crippen molar-refractivity contribution in [3.05, 3.63) is 95.0 Å². The van der Waals surface area contributed by atoms with E-state index in [1.807, 2.05) is 60.9 Å². The minimum absolute atomic E-state index is 0.187. The Labute approximate surface area is 225 Å². The molecule has 0 aliphatic carbocycles. The van der Waals surface area contributed by atoms with Crippen molar-refractivity contribution >= 4 is 52.5 Å². The van der Waals surface area contributed by atoms with Crippen LogP contribution in [0.1, 0.15) is 17.5 Å². The van der Waals surface area contributed by atoms with Gasteiger partial charge in [-0.25, -0.2) is 4.90 Å². The second-order valence-corrected chi connectivity index (χ2v) is 11.2. The zero-order chi connectivity index (χ0) is 25.7. The molecule has 0 saturated carbocycles. The minimum Gasteiger partial charge on any atom is -0.306 e. The second-order valence-electron chi connectivity index (χ2n) is 9.73. The molecule has 0 unspecified atom stereocenters. The van der Waals surface area contributed by atoms with Gasteiger partial charge in [-0.05, 0) is 48.3 Å². The molecule has 1 N–H and O–H groups in total. The first-order chi connectivity index (χ1) is 18.0. The summed E-state index contributed by atoms with van der Waals surface area (Å²) in [6.45, 7) is 0.382. The van der Waals surface area contributed by atoms with Crippen LogP contribution < -0.4 is 15.1 Å². The van der Waals surface area contributed by atoms with Gasteiger partial charge in [0.2, 0.25) is 11.8 Å². The van der Waals surface area contributed by atoms with Crippen LogP contribution in [0.5, 0.6) is 0 Å². The van der Waals surface area contributed by atoms with Gasteiger partial charge in [0.25, 0.3) is 5.91 Å². The highest BCUT2D eigenvalue weighted by Crippen LogP contribution is 2.55. The molecule has 3 aliphatic rings. The van der Waals surface area contributed by atoms with Crippen molar-refractivity contribution in [1.29, 1.82) is 0 Å². The molecule has 4 atom stereocenters. The minimum atomic E-state index is -1.31. The van der Waals surface area contributed by atoms with Crippen LogP contribution in [0.3, 0.4) is 0 Å². The first kappa shape index (κ1) is 24.2. The van der Waals surface area contributed by atoms with E-state index in [0.717, 1.165) is 22.6 Å². The Morgan fingerprint density at radius 3 is 2.46 bits per heavy atom. The number of rotatable bonds is 6. The smallest absolute Gasteiger partial charge is 0.253 e. The van der Waals surface area contributed by atoms with Gasteiger partial charge in [0, 0.05) is 22.3 Å². The van der Waals surface area contributed by atoms with Crippen LogP contribution >= 0.6 is 23.4 Å². The molecular formula is C29H26ClN3O3S. The molecule has 37 heavy (non-hydrogen) atoms. The maximum atomic E-state index is 14.5. The Morgan fingerprint density at radius 2 is 1.70 bits per heavy atom. The number of thioether (sulfide) groups is 1. The molecule has 3 heterocycles. The van der Waals surface area contributed by atoms with E-state index >= 15 is 0 Å². The molecule has 1 spiro atoms. The van der Waals surface area contributed by atoms with Crippen LogP contribution in [-0.2, 0) is 26.5 Å². The summed E-state index contributed by atoms with van der Waals surface area (Å²) in [6.07, 6.45) is 2.68. The molecule has 3 amide bonds. The van der Waals surface area contributed by atoms with Crippen LogP contribution in [-0.4, -0.2) is 35.8 Å². The fourth-order valence-corrected chi connectivity index (χ4v) is 6.91. The fraction of sp³-hybridized carbons (Fsp3) is 0.276. The number of halogens is 1. The predicted octanol–water partition coefficient (Wildman–Crippen LogP) is 4.61. The van der Waals surface area contributed by atoms with E-state index in [4.69, 9.17) is 11.6 Å². The van der Waals surface area contributed by atoms with Crippen molar-refractivity contribution in [2.45, 2.75) is 24.5 Å². The quantitative estimate of drug-likeness (QED) is 0.470. The van der Waals surface area contributed by atoms with Crippen LogP contribution in [0.2, 0.25) is 5.02 Å². The molecule has 2 fully saturated rings. The molecule has 188 valence electrons. The largest absolute Gasteiger partial charge is 0.306 e. The maximum Gasteiger partial charge on any atom is 0.253 e. The third-order valence-corrected chi connectivity index (χ3v) is 8.63. The van der Waals surface area contributed by atoms with Crippen molar-refractivity contribution in [2.24, 2.45) is 11.8 Å². The molecular weight excluding hydrogens is 506 g/mol. The lowest BCUT2D eigenvalue weighted by molar-refractivity contribution is -0.132. The molecule has 8 heteroatoms. The van der Waals surface area contributed by atoms with Gasteiger partial charge in [0.15, 0.2) is 0 Å². The Morgan fingerprint density at radius 1 is 0.946 bits per heavy atom. The zero-order valence-electron chi connectivity index (χ0n) is 20.3. The number of fused-ring (bicyclic) bond motifs is 4. The number of para-hydroxylation sites is 1. The first-order valence-electron chi connectivity index (χ1n) is 12.3. The Kier molecular flexibility index (Phi) is 6.10. The van der Waals surface area contributed by atoms with E-state index in [-0.39, 0.29) is 23.8 Å². The molecule has 0 radical (unpaired) electrons. The van der Waals surface area contributed by atoms with Gasteiger partial charge < -0.3 is 4.90 Å². The van der Waals surface area contributed by atoms with Gasteiger partial charge in [-0.3, -0.25) is 19.7 Å². The van der Waals surface area contributed by atoms with Crippen LogP contribution in [0.15, 0.2) is 78.9 Å². The van der Waals surface area contributed by atoms with Crippen LogP contribution in [0, 0.1) is 11.8 Å². The first-order valence-corrected chi connectivity index (χ1v) is 14.1. The Balaban J connectivity index is 1.48. The molecule has 0 aromatic heterocycles. The van der Waals surface area contributed by atoms with E-state index in [1.54, 1.807) is 40.9 Å². The zero-order valence-corrected chi connectivity index (χ0v) is 21.8. The van der Waals surface area contributed by atoms with Gasteiger partial charge >= 0.3 is 0 Å². The number of hydrogen-bond acceptors (Lipinski definition) is 5. The average Bonchev–Trinajstić information content (AvgIpc) is 3.47. The number of amides is 3. The summed E-state index contributed by atoms with van der Waals surface area (Å²) in [5.74, 6) is -1.51. The summed E-state index contributed by atoms with van der Waals surface area (Å²) in [6, 6.07) is 23.9. The molecule has 0 bridgehead atoms. The summed E-state index contributed by atoms with van der Waals surface area (Å²) in [5.41, 5.74) is 1.65. The van der Waals surface area contributed by atoms with Crippen LogP contribution in [0.25, 0.3) is 0 Å². The monoisotopic (exact) mass is 531 g/mol. The maximum absolute atomic E-state index is 14.5. The standard InChI is InChI=1S/C29H26ClN3O3S/c1-37-15-14-22-24-25(27(35)33(26(24)34)20-11-7-10-19(30)16-20)29(31-22)21-12-5-6-13-23(21)32(28(29)36)17-18-8-3-2-4-9-18/h2-13,16,22,24-25,31H,14-15,17H2,1H3/t22-,24+,25+,29+/m1/s1. The van der Waals surface area contributed by atoms with E-state index in [2.05, 4.69) is 5.32 Å². The molecule has 2 saturated heterocycles. The number of imide groups is 1. The molecule has 3 aromatic rings. The van der Waals surface area contributed by atoms with Crippen molar-refractivity contribution in [3.63, 3.8) is 0 Å². The normalized spacial score (nSPS) is 26.3. The number of benzene rings is 3. The summed E-state index contributed by atoms with van der Waals surface area (Å²) in [5, 5.41) is 4.01. The number of anilines is 2. The SMILES string of the molecule is CSCC[C@H]1N[C@]2(C(=O)N(Cc3ccccc3)c3ccccc32)[C@@H]2C(=O)N(c3cccc(Cl)c3)C(=O)[C@H]21. The van der Waals surface area contributed by atoms with Gasteiger partial charge in [-0.15, -0.1) is 0 Å². The number of carbonyl (C=O) groups is 3. The molecule has 3 aromatic carbocycles. The van der Waals surface area contributed by atoms with E-state index in [0.29, 0.717) is 23.7 Å². The van der Waals surface area contributed by atoms with Crippen molar-refractivity contribution in [3.8, 4) is 0 Å². The van der Waals surface area contributed by atoms with Gasteiger partial charge in [0.1, 0.15) is 5.54 Å². The van der Waals surface area contributed by atoms with E-state index < -0.39 is 17.4 Å². The number of carbonyl (C=O) groups excluding carboxylic acids is 3. The van der Waals surface area contributed by atoms with Crippen molar-refractivity contribution in [1.82, 2.24) is 5.32 Å². The highest BCUT2D eigenvalue weighted by molar-refractivity contribution is 7.98. The lowest BCUT2D eigenvalue weighted by Crippen LogP contribution is -2.55. The van der Waals surface area contributed by atoms with Crippen LogP contribution in [0.4, 0.5) is 11.4 Å². The topological polar surface area (TPSA) is 69.7 Å². The molecule has 6 rings (SSSR count). The van der Waals surface area contributed by atoms with Crippen molar-refractivity contribution < 1.29 is 14.4 Å². The lowest BCUT2D eigenvalue weighted by atomic mass is 9.76. The van der Waals surface area contributed by atoms with Gasteiger partial charge in [-0.2, -0.15) is 11.8 Å². The summed E-state index contributed by atoms with van der Waals surface area (Å²) < 4.78 is 0. The van der Waals surface area contributed by atoms with E-state index in [9.17, 15) is 14.4 Å². The molecule has 6 nitrogen and oxygen atoms in total. The summed E-state index contributed by atoms with van der Waals surface area (Å²) in [4.78, 5) is 45.5. The third kappa shape index (κ3) is 3.63.